The minimum absolute atomic E-state index is 0.131. The van der Waals surface area contributed by atoms with E-state index >= 15 is 0 Å². The molecule has 1 aromatic heterocycles. The van der Waals surface area contributed by atoms with Gasteiger partial charge in [0.25, 0.3) is 5.91 Å². The molecule has 1 aliphatic rings. The molecule has 0 spiro atoms. The van der Waals surface area contributed by atoms with Crippen molar-refractivity contribution in [3.05, 3.63) is 100 Å². The summed E-state index contributed by atoms with van der Waals surface area (Å²) in [5.41, 5.74) is 5.88. The zero-order valence-electron chi connectivity index (χ0n) is 28.2. The first-order valence-corrected chi connectivity index (χ1v) is 16.2. The largest absolute Gasteiger partial charge is 0.368 e. The number of halogens is 1. The van der Waals surface area contributed by atoms with Crippen LogP contribution in [0.25, 0.3) is 10.9 Å². The van der Waals surface area contributed by atoms with Gasteiger partial charge in [-0.25, -0.2) is 14.2 Å². The molecule has 3 aromatic carbocycles. The fourth-order valence-corrected chi connectivity index (χ4v) is 6.34. The van der Waals surface area contributed by atoms with Crippen molar-refractivity contribution in [1.82, 2.24) is 25.4 Å². The zero-order chi connectivity index (χ0) is 34.4. The van der Waals surface area contributed by atoms with Crippen LogP contribution in [0.3, 0.4) is 0 Å². The van der Waals surface area contributed by atoms with Gasteiger partial charge in [0.2, 0.25) is 5.91 Å². The normalized spacial score (nSPS) is 14.8. The third-order valence-electron chi connectivity index (χ3n) is 8.94. The number of carbonyl (C=O) groups is 3. The van der Waals surface area contributed by atoms with Crippen LogP contribution in [0.1, 0.15) is 45.5 Å². The van der Waals surface area contributed by atoms with Gasteiger partial charge in [0, 0.05) is 80.9 Å². The molecule has 1 aliphatic heterocycles. The highest BCUT2D eigenvalue weighted by molar-refractivity contribution is 5.99. The molecule has 0 aliphatic carbocycles. The summed E-state index contributed by atoms with van der Waals surface area (Å²) < 4.78 is 13.6. The number of benzene rings is 3. The lowest BCUT2D eigenvalue weighted by Gasteiger charge is -2.36. The molecule has 0 bridgehead atoms. The first kappa shape index (κ1) is 34.3. The summed E-state index contributed by atoms with van der Waals surface area (Å²) >= 11 is 0. The summed E-state index contributed by atoms with van der Waals surface area (Å²) in [5.74, 6) is -1.91. The number of para-hydroxylation sites is 1. The number of aromatic nitrogens is 1. The van der Waals surface area contributed by atoms with E-state index < -0.39 is 11.9 Å². The first-order valence-electron chi connectivity index (χ1n) is 16.2. The molecular formula is C37H44FN7O3. The Kier molecular flexibility index (Phi) is 10.9. The van der Waals surface area contributed by atoms with Gasteiger partial charge < -0.3 is 30.3 Å². The number of fused-ring (bicyclic) bond motifs is 1. The monoisotopic (exact) mass is 653 g/mol. The fourth-order valence-electron chi connectivity index (χ4n) is 6.34. The van der Waals surface area contributed by atoms with Crippen molar-refractivity contribution in [1.29, 1.82) is 0 Å². The van der Waals surface area contributed by atoms with E-state index in [1.165, 1.54) is 18.3 Å². The molecule has 10 nitrogen and oxygen atoms in total. The lowest BCUT2D eigenvalue weighted by Crippen LogP contribution is -2.48. The van der Waals surface area contributed by atoms with Gasteiger partial charge in [0.1, 0.15) is 5.82 Å². The molecule has 0 radical (unpaired) electrons. The summed E-state index contributed by atoms with van der Waals surface area (Å²) in [6.07, 6.45) is 3.36. The molecule has 4 amide bonds. The Balaban J connectivity index is 1.35. The number of aryl methyl sites for hydroxylation is 1. The minimum Gasteiger partial charge on any atom is -0.368 e. The quantitative estimate of drug-likeness (QED) is 0.207. The number of carbonyl (C=O) groups excluding carboxylic acids is 3. The smallest absolute Gasteiger partial charge is 0.343 e. The van der Waals surface area contributed by atoms with Crippen molar-refractivity contribution in [2.45, 2.75) is 32.9 Å². The average Bonchev–Trinajstić information content (AvgIpc) is 3.51. The van der Waals surface area contributed by atoms with Gasteiger partial charge >= 0.3 is 6.03 Å². The van der Waals surface area contributed by atoms with Gasteiger partial charge in [-0.1, -0.05) is 37.3 Å². The summed E-state index contributed by atoms with van der Waals surface area (Å²) in [5, 5.41) is 6.71. The molecule has 2 atom stereocenters. The van der Waals surface area contributed by atoms with E-state index in [0.29, 0.717) is 43.9 Å². The standard InChI is InChI=1S/C37H44FN7O3/c1-24-18-28(38)11-13-34(24)44-14-16-45(17-15-44)37(48)42-22-32(25(2)31-21-40-33-9-7-6-8-30(31)33)36(47)41-20-27-19-26(23-43(4)5)10-12-29(27)35(46)39-3/h6-13,18-19,21-22,25,32,40H,14-17,20,23H2,1-5H3,(H,39,46)(H,41,47)/t25-,32?/m0/s1. The summed E-state index contributed by atoms with van der Waals surface area (Å²) in [6, 6.07) is 17.8. The SMILES string of the molecule is CNC(=O)c1ccc(CN(C)C)cc1CNC(=O)C(C=NC(=O)N1CCN(c2ccc(F)cc2C)CC1)[C@@H](C)c1c[nH]c2ccccc12. The molecule has 11 heteroatoms. The number of piperazine rings is 1. The average molecular weight is 654 g/mol. The number of nitrogens with zero attached hydrogens (tertiary/aromatic N) is 4. The van der Waals surface area contributed by atoms with Crippen LogP contribution in [0.15, 0.2) is 71.9 Å². The lowest BCUT2D eigenvalue weighted by molar-refractivity contribution is -0.123. The Bertz CT molecular complexity index is 1810. The highest BCUT2D eigenvalue weighted by atomic mass is 19.1. The maximum atomic E-state index is 14.0. The Hall–Kier alpha value is -5.03. The predicted octanol–water partition coefficient (Wildman–Crippen LogP) is 5.09. The van der Waals surface area contributed by atoms with Gasteiger partial charge in [-0.3, -0.25) is 9.59 Å². The number of aliphatic imine (C=N–C) groups is 1. The molecule has 4 aromatic rings. The second kappa shape index (κ2) is 15.2. The van der Waals surface area contributed by atoms with Crippen LogP contribution >= 0.6 is 0 Å². The van der Waals surface area contributed by atoms with E-state index in [1.54, 1.807) is 24.1 Å². The number of H-pyrrole nitrogens is 1. The number of amides is 4. The van der Waals surface area contributed by atoms with E-state index in [2.05, 4.69) is 25.5 Å². The molecule has 3 N–H and O–H groups in total. The van der Waals surface area contributed by atoms with E-state index in [0.717, 1.165) is 33.3 Å². The molecule has 1 saturated heterocycles. The van der Waals surface area contributed by atoms with Gasteiger partial charge in [-0.05, 0) is 79.5 Å². The summed E-state index contributed by atoms with van der Waals surface area (Å²) in [7, 11) is 5.52. The minimum atomic E-state index is -0.773. The highest BCUT2D eigenvalue weighted by Gasteiger charge is 2.28. The predicted molar refractivity (Wildman–Crippen MR) is 188 cm³/mol. The Morgan fingerprint density at radius 3 is 2.50 bits per heavy atom. The van der Waals surface area contributed by atoms with Gasteiger partial charge in [0.15, 0.2) is 0 Å². The van der Waals surface area contributed by atoms with Crippen molar-refractivity contribution in [3.63, 3.8) is 0 Å². The number of anilines is 1. The lowest BCUT2D eigenvalue weighted by atomic mass is 9.87. The second-order valence-corrected chi connectivity index (χ2v) is 12.6. The maximum Gasteiger partial charge on any atom is 0.343 e. The number of hydrogen-bond donors (Lipinski definition) is 3. The molecule has 252 valence electrons. The van der Waals surface area contributed by atoms with Crippen molar-refractivity contribution in [2.24, 2.45) is 10.9 Å². The Morgan fingerprint density at radius 2 is 1.79 bits per heavy atom. The number of nitrogens with one attached hydrogen (secondary N) is 3. The molecule has 5 rings (SSSR count). The van der Waals surface area contributed by atoms with Crippen molar-refractivity contribution in [3.8, 4) is 0 Å². The molecule has 2 heterocycles. The van der Waals surface area contributed by atoms with Gasteiger partial charge in [0.05, 0.1) is 5.92 Å². The van der Waals surface area contributed by atoms with Crippen LogP contribution in [0, 0.1) is 18.7 Å². The maximum absolute atomic E-state index is 14.0. The Morgan fingerprint density at radius 1 is 1.04 bits per heavy atom. The molecular weight excluding hydrogens is 609 g/mol. The van der Waals surface area contributed by atoms with Crippen molar-refractivity contribution >= 4 is 40.7 Å². The number of hydrogen-bond acceptors (Lipinski definition) is 5. The third kappa shape index (κ3) is 7.91. The number of rotatable bonds is 10. The van der Waals surface area contributed by atoms with Crippen LogP contribution in [0.4, 0.5) is 14.9 Å². The van der Waals surface area contributed by atoms with Gasteiger partial charge in [-0.15, -0.1) is 0 Å². The fraction of sp³-hybridized carbons (Fsp3) is 0.351. The van der Waals surface area contributed by atoms with E-state index in [4.69, 9.17) is 0 Å². The van der Waals surface area contributed by atoms with Crippen LogP contribution in [-0.2, 0) is 17.9 Å². The molecule has 0 saturated carbocycles. The van der Waals surface area contributed by atoms with Crippen LogP contribution < -0.4 is 15.5 Å². The zero-order valence-corrected chi connectivity index (χ0v) is 28.2. The third-order valence-corrected chi connectivity index (χ3v) is 8.94. The van der Waals surface area contributed by atoms with Crippen LogP contribution in [0.2, 0.25) is 0 Å². The highest BCUT2D eigenvalue weighted by Crippen LogP contribution is 2.31. The Labute approximate surface area is 281 Å². The molecule has 1 fully saturated rings. The van der Waals surface area contributed by atoms with E-state index in [1.807, 2.05) is 75.4 Å². The van der Waals surface area contributed by atoms with E-state index in [-0.39, 0.29) is 30.1 Å². The first-order chi connectivity index (χ1) is 23.0. The second-order valence-electron chi connectivity index (χ2n) is 12.6. The van der Waals surface area contributed by atoms with Gasteiger partial charge in [-0.2, -0.15) is 0 Å². The molecule has 48 heavy (non-hydrogen) atoms. The summed E-state index contributed by atoms with van der Waals surface area (Å²) in [6.45, 7) is 6.72. The van der Waals surface area contributed by atoms with Crippen LogP contribution in [-0.4, -0.2) is 86.2 Å². The summed E-state index contributed by atoms with van der Waals surface area (Å²) in [4.78, 5) is 53.4. The number of aromatic amines is 1. The molecule has 1 unspecified atom stereocenters. The number of urea groups is 1. The van der Waals surface area contributed by atoms with Crippen molar-refractivity contribution < 1.29 is 18.8 Å². The topological polar surface area (TPSA) is 113 Å². The van der Waals surface area contributed by atoms with Crippen LogP contribution in [0.5, 0.6) is 0 Å². The van der Waals surface area contributed by atoms with Crippen molar-refractivity contribution in [2.75, 3.05) is 52.2 Å². The van der Waals surface area contributed by atoms with E-state index in [9.17, 15) is 18.8 Å².